The number of hydrogen-bond acceptors (Lipinski definition) is 4. The molecule has 1 aromatic carbocycles. The highest BCUT2D eigenvalue weighted by molar-refractivity contribution is 5.99. The van der Waals surface area contributed by atoms with Gasteiger partial charge < -0.3 is 19.5 Å². The van der Waals surface area contributed by atoms with Crippen molar-refractivity contribution in [3.05, 3.63) is 63.6 Å². The van der Waals surface area contributed by atoms with Gasteiger partial charge in [-0.2, -0.15) is 0 Å². The Morgan fingerprint density at radius 2 is 1.74 bits per heavy atom. The van der Waals surface area contributed by atoms with Crippen LogP contribution in [0.1, 0.15) is 78.3 Å². The van der Waals surface area contributed by atoms with E-state index < -0.39 is 23.4 Å². The van der Waals surface area contributed by atoms with Gasteiger partial charge >= 0.3 is 6.36 Å². The number of nitrogens with one attached hydrogen (secondary N) is 1. The Hall–Kier alpha value is -3.30. The second kappa shape index (κ2) is 11.4. The van der Waals surface area contributed by atoms with E-state index in [0.29, 0.717) is 25.1 Å². The minimum absolute atomic E-state index is 0.0552. The summed E-state index contributed by atoms with van der Waals surface area (Å²) >= 11 is 0. The van der Waals surface area contributed by atoms with Crippen molar-refractivity contribution in [3.8, 4) is 5.75 Å². The van der Waals surface area contributed by atoms with Gasteiger partial charge in [0.1, 0.15) is 16.9 Å². The van der Waals surface area contributed by atoms with E-state index >= 15 is 0 Å². The number of halogens is 3. The molecular formula is C25H30F3N3O4. The second-order valence-electron chi connectivity index (χ2n) is 8.70. The molecule has 2 amide bonds. The van der Waals surface area contributed by atoms with Crippen LogP contribution in [0.3, 0.4) is 0 Å². The van der Waals surface area contributed by atoms with Crippen molar-refractivity contribution >= 4 is 11.8 Å². The van der Waals surface area contributed by atoms with E-state index in [1.54, 1.807) is 9.47 Å². The van der Waals surface area contributed by atoms with Crippen LogP contribution in [0.25, 0.3) is 0 Å². The van der Waals surface area contributed by atoms with Crippen LogP contribution in [-0.2, 0) is 6.54 Å². The third-order valence-corrected chi connectivity index (χ3v) is 6.10. The van der Waals surface area contributed by atoms with Gasteiger partial charge in [-0.1, -0.05) is 31.9 Å². The van der Waals surface area contributed by atoms with E-state index in [-0.39, 0.29) is 29.6 Å². The SMILES string of the molecule is CCC(C)n1cc(C(=O)NCc2cccc(OC(F)(F)F)c2)c(=O)c(C(=O)N2CCCCCC2)c1. The molecule has 35 heavy (non-hydrogen) atoms. The van der Waals surface area contributed by atoms with Crippen LogP contribution in [0.15, 0.2) is 41.5 Å². The topological polar surface area (TPSA) is 80.6 Å². The summed E-state index contributed by atoms with van der Waals surface area (Å²) in [7, 11) is 0. The lowest BCUT2D eigenvalue weighted by molar-refractivity contribution is -0.274. The van der Waals surface area contributed by atoms with E-state index in [4.69, 9.17) is 0 Å². The lowest BCUT2D eigenvalue weighted by Crippen LogP contribution is -2.38. The molecule has 2 heterocycles. The van der Waals surface area contributed by atoms with Crippen LogP contribution in [0.2, 0.25) is 0 Å². The van der Waals surface area contributed by atoms with Gasteiger partial charge in [0.05, 0.1) is 0 Å². The van der Waals surface area contributed by atoms with Crippen LogP contribution in [-0.4, -0.2) is 40.7 Å². The summed E-state index contributed by atoms with van der Waals surface area (Å²) in [6.07, 6.45) is 2.60. The minimum Gasteiger partial charge on any atom is -0.406 e. The fourth-order valence-corrected chi connectivity index (χ4v) is 3.95. The van der Waals surface area contributed by atoms with Crippen LogP contribution >= 0.6 is 0 Å². The van der Waals surface area contributed by atoms with Gasteiger partial charge in [-0.05, 0) is 43.9 Å². The molecule has 3 rings (SSSR count). The largest absolute Gasteiger partial charge is 0.573 e. The predicted molar refractivity (Wildman–Crippen MR) is 124 cm³/mol. The summed E-state index contributed by atoms with van der Waals surface area (Å²) in [5.41, 5.74) is -0.543. The highest BCUT2D eigenvalue weighted by Crippen LogP contribution is 2.23. The Balaban J connectivity index is 1.85. The molecule has 1 unspecified atom stereocenters. The molecular weight excluding hydrogens is 463 g/mol. The number of alkyl halides is 3. The molecule has 2 aromatic rings. The molecule has 7 nitrogen and oxygen atoms in total. The lowest BCUT2D eigenvalue weighted by Gasteiger charge is -2.22. The summed E-state index contributed by atoms with van der Waals surface area (Å²) in [6.45, 7) is 4.87. The molecule has 0 spiro atoms. The number of carbonyl (C=O) groups excluding carboxylic acids is 2. The van der Waals surface area contributed by atoms with Crippen molar-refractivity contribution in [2.45, 2.75) is 64.9 Å². The Labute approximate surface area is 201 Å². The molecule has 1 fully saturated rings. The Bertz CT molecular complexity index is 1110. The van der Waals surface area contributed by atoms with Crippen molar-refractivity contribution in [1.82, 2.24) is 14.8 Å². The summed E-state index contributed by atoms with van der Waals surface area (Å²) < 4.78 is 43.1. The molecule has 0 aliphatic carbocycles. The van der Waals surface area contributed by atoms with Crippen LogP contribution in [0.5, 0.6) is 5.75 Å². The number of hydrogen-bond donors (Lipinski definition) is 1. The van der Waals surface area contributed by atoms with Gasteiger partial charge in [0.2, 0.25) is 5.43 Å². The second-order valence-corrected chi connectivity index (χ2v) is 8.70. The summed E-state index contributed by atoms with van der Waals surface area (Å²) in [4.78, 5) is 41.0. The number of aromatic nitrogens is 1. The third kappa shape index (κ3) is 7.10. The maximum absolute atomic E-state index is 13.2. The van der Waals surface area contributed by atoms with Crippen LogP contribution < -0.4 is 15.5 Å². The molecule has 0 bridgehead atoms. The first-order valence-corrected chi connectivity index (χ1v) is 11.8. The Kier molecular flexibility index (Phi) is 8.58. The molecule has 1 N–H and O–H groups in total. The predicted octanol–water partition coefficient (Wildman–Crippen LogP) is 4.66. The number of pyridine rings is 1. The Morgan fingerprint density at radius 3 is 2.37 bits per heavy atom. The van der Waals surface area contributed by atoms with Gasteiger partial charge in [0, 0.05) is 38.1 Å². The summed E-state index contributed by atoms with van der Waals surface area (Å²) in [5.74, 6) is -1.51. The molecule has 190 valence electrons. The average Bonchev–Trinajstić information content (AvgIpc) is 3.10. The zero-order valence-corrected chi connectivity index (χ0v) is 19.9. The Morgan fingerprint density at radius 1 is 1.09 bits per heavy atom. The molecule has 1 aliphatic heterocycles. The van der Waals surface area contributed by atoms with Gasteiger partial charge in [-0.25, -0.2) is 0 Å². The molecule has 0 radical (unpaired) electrons. The van der Waals surface area contributed by atoms with Crippen LogP contribution in [0.4, 0.5) is 13.2 Å². The normalized spacial score (nSPS) is 15.3. The molecule has 1 atom stereocenters. The smallest absolute Gasteiger partial charge is 0.406 e. The van der Waals surface area contributed by atoms with Crippen molar-refractivity contribution in [3.63, 3.8) is 0 Å². The number of nitrogens with zero attached hydrogens (tertiary/aromatic N) is 2. The quantitative estimate of drug-likeness (QED) is 0.608. The van der Waals surface area contributed by atoms with Crippen LogP contribution in [0, 0.1) is 0 Å². The standard InChI is InChI=1S/C25H30F3N3O4/c1-3-17(2)31-15-20(22(32)21(16-31)24(34)30-11-6-4-5-7-12-30)23(33)29-14-18-9-8-10-19(13-18)35-25(26,27)28/h8-10,13,15-17H,3-7,11-12,14H2,1-2H3,(H,29,33). The number of rotatable bonds is 7. The van der Waals surface area contributed by atoms with Crippen molar-refractivity contribution in [2.24, 2.45) is 0 Å². The zero-order valence-electron chi connectivity index (χ0n) is 19.9. The van der Waals surface area contributed by atoms with Gasteiger partial charge in [-0.15, -0.1) is 13.2 Å². The lowest BCUT2D eigenvalue weighted by atomic mass is 10.1. The zero-order chi connectivity index (χ0) is 25.6. The van der Waals surface area contributed by atoms with Gasteiger partial charge in [0.15, 0.2) is 0 Å². The molecule has 1 aliphatic rings. The van der Waals surface area contributed by atoms with E-state index in [0.717, 1.165) is 37.8 Å². The molecule has 10 heteroatoms. The first-order valence-electron chi connectivity index (χ1n) is 11.8. The number of ether oxygens (including phenoxy) is 1. The molecule has 1 aromatic heterocycles. The summed E-state index contributed by atoms with van der Waals surface area (Å²) in [6, 6.07) is 5.15. The van der Waals surface area contributed by atoms with Crippen molar-refractivity contribution in [2.75, 3.05) is 13.1 Å². The highest BCUT2D eigenvalue weighted by Gasteiger charge is 2.31. The number of carbonyl (C=O) groups is 2. The minimum atomic E-state index is -4.83. The molecule has 0 saturated carbocycles. The number of amides is 2. The fraction of sp³-hybridized carbons (Fsp3) is 0.480. The van der Waals surface area contributed by atoms with E-state index in [9.17, 15) is 27.6 Å². The van der Waals surface area contributed by atoms with Gasteiger partial charge in [0.25, 0.3) is 11.8 Å². The molecule has 1 saturated heterocycles. The van der Waals surface area contributed by atoms with Crippen molar-refractivity contribution < 1.29 is 27.5 Å². The highest BCUT2D eigenvalue weighted by atomic mass is 19.4. The summed E-state index contributed by atoms with van der Waals surface area (Å²) in [5, 5.41) is 2.57. The maximum atomic E-state index is 13.2. The van der Waals surface area contributed by atoms with E-state index in [1.165, 1.54) is 24.5 Å². The number of benzene rings is 1. The average molecular weight is 494 g/mol. The van der Waals surface area contributed by atoms with Crippen molar-refractivity contribution in [1.29, 1.82) is 0 Å². The first-order chi connectivity index (χ1) is 16.6. The third-order valence-electron chi connectivity index (χ3n) is 6.10. The van der Waals surface area contributed by atoms with E-state index in [2.05, 4.69) is 10.1 Å². The first kappa shape index (κ1) is 26.3. The van der Waals surface area contributed by atoms with Gasteiger partial charge in [-0.3, -0.25) is 14.4 Å². The monoisotopic (exact) mass is 493 g/mol. The number of likely N-dealkylation sites (tertiary alicyclic amines) is 1. The maximum Gasteiger partial charge on any atom is 0.573 e. The fourth-order valence-electron chi connectivity index (χ4n) is 3.95. The van der Waals surface area contributed by atoms with E-state index in [1.807, 2.05) is 13.8 Å².